The summed E-state index contributed by atoms with van der Waals surface area (Å²) in [6.07, 6.45) is 5.45. The fourth-order valence-electron chi connectivity index (χ4n) is 1.53. The Bertz CT molecular complexity index is 176. The molecule has 1 aliphatic heterocycles. The molecule has 1 saturated heterocycles. The van der Waals surface area contributed by atoms with Crippen molar-refractivity contribution in [1.82, 2.24) is 4.90 Å². The van der Waals surface area contributed by atoms with Crippen LogP contribution in [0.4, 0.5) is 0 Å². The molecule has 3 heteroatoms. The second-order valence-electron chi connectivity index (χ2n) is 3.22. The summed E-state index contributed by atoms with van der Waals surface area (Å²) in [6.45, 7) is 2.30. The maximum absolute atomic E-state index is 9.41. The maximum atomic E-state index is 9.41. The quantitative estimate of drug-likeness (QED) is 0.549. The lowest BCUT2D eigenvalue weighted by atomic mass is 10.1. The van der Waals surface area contributed by atoms with Gasteiger partial charge in [0.05, 0.1) is 6.10 Å². The molecule has 0 aliphatic carbocycles. The normalized spacial score (nSPS) is 30.4. The summed E-state index contributed by atoms with van der Waals surface area (Å²) >= 11 is 0. The molecule has 0 amide bonds. The van der Waals surface area contributed by atoms with Gasteiger partial charge in [-0.1, -0.05) is 0 Å². The molecule has 0 saturated carbocycles. The van der Waals surface area contributed by atoms with Gasteiger partial charge >= 0.3 is 0 Å². The van der Waals surface area contributed by atoms with Crippen molar-refractivity contribution in [3.63, 3.8) is 0 Å². The predicted octanol–water partition coefficient (Wildman–Crippen LogP) is -0.705. The highest BCUT2D eigenvalue weighted by Gasteiger charge is 2.29. The van der Waals surface area contributed by atoms with Crippen molar-refractivity contribution in [2.24, 2.45) is 5.92 Å². The molecule has 3 nitrogen and oxygen atoms in total. The summed E-state index contributed by atoms with van der Waals surface area (Å²) in [5.41, 5.74) is 0. The van der Waals surface area contributed by atoms with Crippen LogP contribution in [0.5, 0.6) is 0 Å². The van der Waals surface area contributed by atoms with Crippen LogP contribution in [0, 0.1) is 18.3 Å². The van der Waals surface area contributed by atoms with E-state index >= 15 is 0 Å². The number of hydrogen-bond acceptors (Lipinski definition) is 3. The largest absolute Gasteiger partial charge is 0.396 e. The molecule has 0 aromatic carbocycles. The number of aliphatic hydroxyl groups excluding tert-OH is 2. The minimum absolute atomic E-state index is 0.0165. The first-order chi connectivity index (χ1) is 5.77. The highest BCUT2D eigenvalue weighted by molar-refractivity contribution is 4.88. The van der Waals surface area contributed by atoms with Gasteiger partial charge in [0.25, 0.3) is 0 Å². The van der Waals surface area contributed by atoms with E-state index in [0.717, 1.165) is 13.1 Å². The molecule has 2 atom stereocenters. The first-order valence-electron chi connectivity index (χ1n) is 4.22. The van der Waals surface area contributed by atoms with Crippen LogP contribution in [-0.2, 0) is 0 Å². The van der Waals surface area contributed by atoms with E-state index in [0.29, 0.717) is 13.0 Å². The Labute approximate surface area is 73.0 Å². The highest BCUT2D eigenvalue weighted by Crippen LogP contribution is 2.15. The number of likely N-dealkylation sites (tertiary alicyclic amines) is 1. The van der Waals surface area contributed by atoms with Crippen LogP contribution in [0.1, 0.15) is 6.42 Å². The van der Waals surface area contributed by atoms with Crippen LogP contribution in [0.25, 0.3) is 0 Å². The zero-order valence-electron chi connectivity index (χ0n) is 7.11. The van der Waals surface area contributed by atoms with E-state index in [-0.39, 0.29) is 18.6 Å². The first-order valence-corrected chi connectivity index (χ1v) is 4.22. The third-order valence-corrected chi connectivity index (χ3v) is 2.29. The predicted molar refractivity (Wildman–Crippen MR) is 46.5 cm³/mol. The summed E-state index contributed by atoms with van der Waals surface area (Å²) in [7, 11) is 0. The van der Waals surface area contributed by atoms with Gasteiger partial charge in [-0.15, -0.1) is 12.3 Å². The lowest BCUT2D eigenvalue weighted by Crippen LogP contribution is -2.22. The van der Waals surface area contributed by atoms with E-state index in [4.69, 9.17) is 11.5 Å². The van der Waals surface area contributed by atoms with Gasteiger partial charge in [0.1, 0.15) is 0 Å². The van der Waals surface area contributed by atoms with Crippen molar-refractivity contribution in [2.75, 3.05) is 26.2 Å². The van der Waals surface area contributed by atoms with Gasteiger partial charge in [-0.25, -0.2) is 0 Å². The molecule has 0 radical (unpaired) electrons. The molecule has 0 aromatic rings. The van der Waals surface area contributed by atoms with Gasteiger partial charge in [-0.2, -0.15) is 0 Å². The van der Waals surface area contributed by atoms with Crippen LogP contribution in [0.2, 0.25) is 0 Å². The highest BCUT2D eigenvalue weighted by atomic mass is 16.3. The van der Waals surface area contributed by atoms with E-state index in [1.807, 2.05) is 0 Å². The number of hydrogen-bond donors (Lipinski definition) is 2. The Morgan fingerprint density at radius 3 is 2.75 bits per heavy atom. The molecule has 1 heterocycles. The topological polar surface area (TPSA) is 43.7 Å². The number of terminal acetylenes is 1. The van der Waals surface area contributed by atoms with E-state index in [1.54, 1.807) is 0 Å². The van der Waals surface area contributed by atoms with Crippen molar-refractivity contribution >= 4 is 0 Å². The fourth-order valence-corrected chi connectivity index (χ4v) is 1.53. The molecule has 1 rings (SSSR count). The van der Waals surface area contributed by atoms with Crippen LogP contribution in [0.15, 0.2) is 0 Å². The van der Waals surface area contributed by atoms with Gasteiger partial charge in [0.2, 0.25) is 0 Å². The van der Waals surface area contributed by atoms with Crippen molar-refractivity contribution in [3.05, 3.63) is 0 Å². The molecule has 68 valence electrons. The van der Waals surface area contributed by atoms with Crippen molar-refractivity contribution in [2.45, 2.75) is 12.5 Å². The lowest BCUT2D eigenvalue weighted by Gasteiger charge is -2.12. The summed E-state index contributed by atoms with van der Waals surface area (Å²) < 4.78 is 0. The van der Waals surface area contributed by atoms with Gasteiger partial charge in [-0.05, 0) is 0 Å². The van der Waals surface area contributed by atoms with Gasteiger partial charge < -0.3 is 10.2 Å². The average Bonchev–Trinajstić information content (AvgIpc) is 2.43. The molecule has 0 spiro atoms. The summed E-state index contributed by atoms with van der Waals surface area (Å²) in [5, 5.41) is 18.3. The molecular weight excluding hydrogens is 154 g/mol. The van der Waals surface area contributed by atoms with Crippen LogP contribution in [-0.4, -0.2) is 47.5 Å². The Morgan fingerprint density at radius 2 is 2.25 bits per heavy atom. The molecule has 2 N–H and O–H groups in total. The summed E-state index contributed by atoms with van der Waals surface area (Å²) in [4.78, 5) is 2.09. The standard InChI is InChI=1S/C9H15NO2/c1-2-3-4-10-5-8(7-11)9(12)6-10/h1,8-9,11-12H,3-7H2. The Hall–Kier alpha value is -0.560. The Morgan fingerprint density at radius 1 is 1.50 bits per heavy atom. The third kappa shape index (κ3) is 2.21. The second kappa shape index (κ2) is 4.46. The second-order valence-corrected chi connectivity index (χ2v) is 3.22. The Kier molecular flexibility index (Phi) is 3.54. The first kappa shape index (κ1) is 9.53. The lowest BCUT2D eigenvalue weighted by molar-refractivity contribution is 0.103. The number of β-amino-alcohol motifs (C(OH)–C–C–N with tert-alkyl or cyclic N) is 1. The molecular formula is C9H15NO2. The van der Waals surface area contributed by atoms with Crippen molar-refractivity contribution in [3.8, 4) is 12.3 Å². The van der Waals surface area contributed by atoms with Gasteiger partial charge in [-0.3, -0.25) is 4.90 Å². The third-order valence-electron chi connectivity index (χ3n) is 2.29. The zero-order chi connectivity index (χ0) is 8.97. The zero-order valence-corrected chi connectivity index (χ0v) is 7.11. The van der Waals surface area contributed by atoms with Crippen LogP contribution < -0.4 is 0 Å². The summed E-state index contributed by atoms with van der Waals surface area (Å²) in [6, 6.07) is 0. The minimum Gasteiger partial charge on any atom is -0.396 e. The van der Waals surface area contributed by atoms with Crippen LogP contribution in [0.3, 0.4) is 0 Å². The molecule has 12 heavy (non-hydrogen) atoms. The average molecular weight is 169 g/mol. The van der Waals surface area contributed by atoms with Crippen molar-refractivity contribution in [1.29, 1.82) is 0 Å². The van der Waals surface area contributed by atoms with Gasteiger partial charge in [0.15, 0.2) is 0 Å². The smallest absolute Gasteiger partial charge is 0.0729 e. The van der Waals surface area contributed by atoms with E-state index in [2.05, 4.69) is 10.8 Å². The fraction of sp³-hybridized carbons (Fsp3) is 0.778. The molecule has 0 bridgehead atoms. The number of nitrogens with zero attached hydrogens (tertiary/aromatic N) is 1. The van der Waals surface area contributed by atoms with E-state index in [9.17, 15) is 5.11 Å². The van der Waals surface area contributed by atoms with Gasteiger partial charge in [0, 0.05) is 38.6 Å². The summed E-state index contributed by atoms with van der Waals surface area (Å²) in [5.74, 6) is 2.57. The monoisotopic (exact) mass is 169 g/mol. The van der Waals surface area contributed by atoms with E-state index < -0.39 is 0 Å². The van der Waals surface area contributed by atoms with Crippen LogP contribution >= 0.6 is 0 Å². The number of rotatable bonds is 3. The van der Waals surface area contributed by atoms with Crippen molar-refractivity contribution < 1.29 is 10.2 Å². The molecule has 2 unspecified atom stereocenters. The molecule has 1 aliphatic rings. The minimum atomic E-state index is -0.382. The SMILES string of the molecule is C#CCCN1CC(O)C(CO)C1. The number of aliphatic hydroxyl groups is 2. The molecule has 0 aromatic heterocycles. The van der Waals surface area contributed by atoms with E-state index in [1.165, 1.54) is 0 Å². The molecule has 1 fully saturated rings. The Balaban J connectivity index is 2.29. The maximum Gasteiger partial charge on any atom is 0.0729 e.